The van der Waals surface area contributed by atoms with Crippen LogP contribution in [0.5, 0.6) is 5.88 Å². The van der Waals surface area contributed by atoms with E-state index in [0.717, 1.165) is 6.07 Å². The number of aromatic nitrogens is 2. The fourth-order valence-corrected chi connectivity index (χ4v) is 1.24. The summed E-state index contributed by atoms with van der Waals surface area (Å²) >= 11 is 0. The first-order chi connectivity index (χ1) is 8.04. The third-order valence-electron chi connectivity index (χ3n) is 1.88. The number of hydrogen-bond donors (Lipinski definition) is 0. The number of rotatable bonds is 2. The smallest absolute Gasteiger partial charge is 0.388 e. The molecule has 1 aromatic heterocycles. The zero-order valence-electron chi connectivity index (χ0n) is 8.48. The first-order valence-electron chi connectivity index (χ1n) is 4.69. The molecule has 0 saturated heterocycles. The molecule has 1 aromatic carbocycles. The quantitative estimate of drug-likeness (QED) is 0.809. The molecule has 0 unspecified atom stereocenters. The summed E-state index contributed by atoms with van der Waals surface area (Å²) in [6, 6.07) is 9.74. The minimum absolute atomic E-state index is 0.187. The van der Waals surface area contributed by atoms with E-state index in [9.17, 15) is 13.2 Å². The monoisotopic (exact) mass is 240 g/mol. The largest absolute Gasteiger partial charge is 0.574 e. The molecule has 0 aliphatic carbocycles. The van der Waals surface area contributed by atoms with Gasteiger partial charge in [-0.25, -0.2) is 4.98 Å². The van der Waals surface area contributed by atoms with E-state index >= 15 is 0 Å². The maximum Gasteiger partial charge on any atom is 0.574 e. The minimum Gasteiger partial charge on any atom is -0.388 e. The van der Waals surface area contributed by atoms with Crippen molar-refractivity contribution in [3.63, 3.8) is 0 Å². The van der Waals surface area contributed by atoms with Gasteiger partial charge in [0.2, 0.25) is 5.88 Å². The highest BCUT2D eigenvalue weighted by Crippen LogP contribution is 2.22. The predicted molar refractivity (Wildman–Crippen MR) is 54.2 cm³/mol. The van der Waals surface area contributed by atoms with Gasteiger partial charge in [-0.05, 0) is 0 Å². The second-order valence-electron chi connectivity index (χ2n) is 3.13. The molecule has 0 bridgehead atoms. The van der Waals surface area contributed by atoms with Crippen molar-refractivity contribution in [3.05, 3.63) is 42.6 Å². The van der Waals surface area contributed by atoms with Crippen LogP contribution in [0.2, 0.25) is 0 Å². The molecule has 17 heavy (non-hydrogen) atoms. The van der Waals surface area contributed by atoms with E-state index in [2.05, 4.69) is 14.7 Å². The lowest BCUT2D eigenvalue weighted by molar-refractivity contribution is -0.276. The average molecular weight is 240 g/mol. The van der Waals surface area contributed by atoms with Crippen molar-refractivity contribution in [3.8, 4) is 17.3 Å². The molecule has 0 N–H and O–H groups in total. The van der Waals surface area contributed by atoms with E-state index in [-0.39, 0.29) is 5.82 Å². The molecular formula is C11H7F3N2O. The number of ether oxygens (including phenoxy) is 1. The molecule has 6 heteroatoms. The third kappa shape index (κ3) is 3.17. The SMILES string of the molecule is FC(F)(F)Oc1ccnc(-c2ccccc2)n1. The predicted octanol–water partition coefficient (Wildman–Crippen LogP) is 3.04. The van der Waals surface area contributed by atoms with E-state index < -0.39 is 12.2 Å². The van der Waals surface area contributed by atoms with Crippen molar-refractivity contribution in [2.75, 3.05) is 0 Å². The first kappa shape index (κ1) is 11.4. The topological polar surface area (TPSA) is 35.0 Å². The molecule has 0 aliphatic rings. The molecule has 0 radical (unpaired) electrons. The Hall–Kier alpha value is -2.11. The van der Waals surface area contributed by atoms with Gasteiger partial charge in [-0.3, -0.25) is 0 Å². The highest BCUT2D eigenvalue weighted by Gasteiger charge is 2.31. The highest BCUT2D eigenvalue weighted by molar-refractivity contribution is 5.54. The molecule has 0 amide bonds. The number of halogens is 3. The fraction of sp³-hybridized carbons (Fsp3) is 0.0909. The van der Waals surface area contributed by atoms with Crippen LogP contribution in [0.3, 0.4) is 0 Å². The maximum atomic E-state index is 12.0. The molecule has 2 aromatic rings. The molecule has 0 spiro atoms. The molecule has 0 atom stereocenters. The Morgan fingerprint density at radius 3 is 2.35 bits per heavy atom. The average Bonchev–Trinajstić information content (AvgIpc) is 2.28. The van der Waals surface area contributed by atoms with Crippen molar-refractivity contribution in [1.29, 1.82) is 0 Å². The van der Waals surface area contributed by atoms with Gasteiger partial charge >= 0.3 is 6.36 Å². The van der Waals surface area contributed by atoms with Crippen LogP contribution in [0.15, 0.2) is 42.6 Å². The minimum atomic E-state index is -4.75. The summed E-state index contributed by atoms with van der Waals surface area (Å²) in [7, 11) is 0. The standard InChI is InChI=1S/C11H7F3N2O/c12-11(13,14)17-9-6-7-15-10(16-9)8-4-2-1-3-5-8/h1-7H. The molecule has 88 valence electrons. The normalized spacial score (nSPS) is 11.2. The Morgan fingerprint density at radius 1 is 1.00 bits per heavy atom. The van der Waals surface area contributed by atoms with Gasteiger partial charge in [0.1, 0.15) is 0 Å². The van der Waals surface area contributed by atoms with E-state index in [0.29, 0.717) is 5.56 Å². The lowest BCUT2D eigenvalue weighted by atomic mass is 10.2. The van der Waals surface area contributed by atoms with Crippen LogP contribution in [0, 0.1) is 0 Å². The van der Waals surface area contributed by atoms with Crippen molar-refractivity contribution < 1.29 is 17.9 Å². The van der Waals surface area contributed by atoms with Crippen LogP contribution in [0.1, 0.15) is 0 Å². The summed E-state index contributed by atoms with van der Waals surface area (Å²) in [4.78, 5) is 7.56. The number of hydrogen-bond acceptors (Lipinski definition) is 3. The Balaban J connectivity index is 2.29. The Labute approximate surface area is 94.9 Å². The van der Waals surface area contributed by atoms with Crippen LogP contribution < -0.4 is 4.74 Å². The Morgan fingerprint density at radius 2 is 1.71 bits per heavy atom. The van der Waals surface area contributed by atoms with Crippen molar-refractivity contribution in [2.24, 2.45) is 0 Å². The number of alkyl halides is 3. The summed E-state index contributed by atoms with van der Waals surface area (Å²) in [5.41, 5.74) is 0.625. The highest BCUT2D eigenvalue weighted by atomic mass is 19.4. The Bertz CT molecular complexity index is 500. The number of benzene rings is 1. The summed E-state index contributed by atoms with van der Waals surface area (Å²) in [5, 5.41) is 0. The Kier molecular flexibility index (Phi) is 2.95. The van der Waals surface area contributed by atoms with Crippen molar-refractivity contribution in [2.45, 2.75) is 6.36 Å². The summed E-state index contributed by atoms with van der Waals surface area (Å²) < 4.78 is 39.7. The molecular weight excluding hydrogens is 233 g/mol. The molecule has 0 aliphatic heterocycles. The zero-order valence-corrected chi connectivity index (χ0v) is 8.48. The van der Waals surface area contributed by atoms with E-state index in [1.807, 2.05) is 0 Å². The van der Waals surface area contributed by atoms with E-state index in [4.69, 9.17) is 0 Å². The van der Waals surface area contributed by atoms with Crippen molar-refractivity contribution >= 4 is 0 Å². The molecule has 0 fully saturated rings. The van der Waals surface area contributed by atoms with E-state index in [1.165, 1.54) is 6.20 Å². The van der Waals surface area contributed by atoms with Gasteiger partial charge in [-0.15, -0.1) is 13.2 Å². The second-order valence-corrected chi connectivity index (χ2v) is 3.13. The van der Waals surface area contributed by atoms with Crippen LogP contribution in [0.25, 0.3) is 11.4 Å². The first-order valence-corrected chi connectivity index (χ1v) is 4.69. The van der Waals surface area contributed by atoms with Gasteiger partial charge in [-0.1, -0.05) is 30.3 Å². The van der Waals surface area contributed by atoms with Gasteiger partial charge in [0, 0.05) is 17.8 Å². The third-order valence-corrected chi connectivity index (χ3v) is 1.88. The molecule has 0 saturated carbocycles. The van der Waals surface area contributed by atoms with Gasteiger partial charge in [0.15, 0.2) is 5.82 Å². The summed E-state index contributed by atoms with van der Waals surface area (Å²) in [5.74, 6) is -0.335. The lowest BCUT2D eigenvalue weighted by Crippen LogP contribution is -2.18. The number of nitrogens with zero attached hydrogens (tertiary/aromatic N) is 2. The van der Waals surface area contributed by atoms with Crippen LogP contribution in [0.4, 0.5) is 13.2 Å². The summed E-state index contributed by atoms with van der Waals surface area (Å²) in [6.45, 7) is 0. The van der Waals surface area contributed by atoms with E-state index in [1.54, 1.807) is 30.3 Å². The molecule has 3 nitrogen and oxygen atoms in total. The maximum absolute atomic E-state index is 12.0. The molecule has 1 heterocycles. The van der Waals surface area contributed by atoms with Crippen molar-refractivity contribution in [1.82, 2.24) is 9.97 Å². The lowest BCUT2D eigenvalue weighted by Gasteiger charge is -2.08. The fourth-order valence-electron chi connectivity index (χ4n) is 1.24. The van der Waals surface area contributed by atoms with Crippen LogP contribution >= 0.6 is 0 Å². The zero-order chi connectivity index (χ0) is 12.3. The molecule has 2 rings (SSSR count). The van der Waals surface area contributed by atoms with Crippen LogP contribution in [-0.4, -0.2) is 16.3 Å². The van der Waals surface area contributed by atoms with Gasteiger partial charge in [0.25, 0.3) is 0 Å². The second kappa shape index (κ2) is 4.40. The van der Waals surface area contributed by atoms with Gasteiger partial charge in [0.05, 0.1) is 0 Å². The summed E-state index contributed by atoms with van der Waals surface area (Å²) in [6.07, 6.45) is -3.53. The van der Waals surface area contributed by atoms with Gasteiger partial charge in [-0.2, -0.15) is 4.98 Å². The van der Waals surface area contributed by atoms with Gasteiger partial charge < -0.3 is 4.74 Å². The van der Waals surface area contributed by atoms with Crippen LogP contribution in [-0.2, 0) is 0 Å².